The van der Waals surface area contributed by atoms with Crippen molar-refractivity contribution >= 4 is 50.4 Å². The number of thiazole rings is 1. The molecule has 0 spiro atoms. The second-order valence-corrected chi connectivity index (χ2v) is 6.50. The van der Waals surface area contributed by atoms with Crippen LogP contribution < -0.4 is 5.32 Å². The van der Waals surface area contributed by atoms with E-state index in [1.165, 1.54) is 4.70 Å². The van der Waals surface area contributed by atoms with Gasteiger partial charge in [-0.1, -0.05) is 35.3 Å². The van der Waals surface area contributed by atoms with E-state index in [-0.39, 0.29) is 0 Å². The Morgan fingerprint density at radius 1 is 1.20 bits per heavy atom. The van der Waals surface area contributed by atoms with Crippen LogP contribution in [0.3, 0.4) is 0 Å². The second kappa shape index (κ2) is 5.60. The van der Waals surface area contributed by atoms with Crippen molar-refractivity contribution < 1.29 is 0 Å². The zero-order valence-corrected chi connectivity index (χ0v) is 13.1. The minimum absolute atomic E-state index is 0.583. The lowest BCUT2D eigenvalue weighted by atomic mass is 10.2. The first-order valence-electron chi connectivity index (χ1n) is 6.17. The molecule has 0 fully saturated rings. The summed E-state index contributed by atoms with van der Waals surface area (Å²) in [5, 5.41) is 5.64. The molecule has 0 bridgehead atoms. The van der Waals surface area contributed by atoms with Crippen LogP contribution in [0.25, 0.3) is 10.2 Å². The minimum atomic E-state index is 0.583. The summed E-state index contributed by atoms with van der Waals surface area (Å²) in [4.78, 5) is 4.45. The Hall–Kier alpha value is -1.29. The van der Waals surface area contributed by atoms with Crippen molar-refractivity contribution in [1.82, 2.24) is 4.98 Å². The van der Waals surface area contributed by atoms with Crippen LogP contribution in [-0.4, -0.2) is 4.98 Å². The van der Waals surface area contributed by atoms with E-state index in [9.17, 15) is 0 Å². The van der Waals surface area contributed by atoms with Gasteiger partial charge >= 0.3 is 0 Å². The summed E-state index contributed by atoms with van der Waals surface area (Å²) in [5.74, 6) is 0. The van der Waals surface area contributed by atoms with Gasteiger partial charge in [0.25, 0.3) is 0 Å². The van der Waals surface area contributed by atoms with Crippen LogP contribution >= 0.6 is 34.5 Å². The maximum absolute atomic E-state index is 6.18. The lowest BCUT2D eigenvalue weighted by Gasteiger charge is -2.09. The van der Waals surface area contributed by atoms with Crippen molar-refractivity contribution in [2.24, 2.45) is 0 Å². The van der Waals surface area contributed by atoms with Crippen molar-refractivity contribution in [3.63, 3.8) is 0 Å². The Morgan fingerprint density at radius 3 is 2.90 bits per heavy atom. The fraction of sp³-hybridized carbons (Fsp3) is 0.133. The molecule has 0 aliphatic rings. The molecule has 1 N–H and O–H groups in total. The van der Waals surface area contributed by atoms with Gasteiger partial charge in [-0.05, 0) is 36.8 Å². The van der Waals surface area contributed by atoms with Gasteiger partial charge in [-0.2, -0.15) is 0 Å². The van der Waals surface area contributed by atoms with E-state index in [0.29, 0.717) is 16.6 Å². The number of halogens is 2. The highest BCUT2D eigenvalue weighted by Crippen LogP contribution is 2.28. The summed E-state index contributed by atoms with van der Waals surface area (Å²) in [5.41, 5.74) is 3.08. The molecule has 0 aliphatic carbocycles. The summed E-state index contributed by atoms with van der Waals surface area (Å²) in [6.07, 6.45) is 0. The number of nitrogens with zero attached hydrogens (tertiary/aromatic N) is 1. The highest BCUT2D eigenvalue weighted by atomic mass is 35.5. The number of hydrogen-bond donors (Lipinski definition) is 1. The van der Waals surface area contributed by atoms with Gasteiger partial charge in [0.1, 0.15) is 0 Å². The highest BCUT2D eigenvalue weighted by Gasteiger charge is 2.05. The number of rotatable bonds is 3. The summed E-state index contributed by atoms with van der Waals surface area (Å²) in [6.45, 7) is 2.66. The summed E-state index contributed by atoms with van der Waals surface area (Å²) < 4.78 is 1.18. The third-order valence-corrected chi connectivity index (χ3v) is 4.80. The van der Waals surface area contributed by atoms with Crippen LogP contribution in [0.15, 0.2) is 36.4 Å². The Labute approximate surface area is 131 Å². The van der Waals surface area contributed by atoms with Crippen molar-refractivity contribution in [2.75, 3.05) is 5.32 Å². The van der Waals surface area contributed by atoms with Crippen molar-refractivity contribution in [3.05, 3.63) is 57.0 Å². The van der Waals surface area contributed by atoms with E-state index in [4.69, 9.17) is 23.2 Å². The van der Waals surface area contributed by atoms with Gasteiger partial charge in [-0.15, -0.1) is 11.3 Å². The molecular formula is C15H12Cl2N2S. The van der Waals surface area contributed by atoms with Gasteiger partial charge in [0, 0.05) is 12.2 Å². The maximum atomic E-state index is 6.18. The standard InChI is InChI=1S/C15H12Cl2N2S/c1-9-19-13-6-5-11(7-14(13)20-9)18-8-10-3-2-4-12(16)15(10)17/h2-7,18H,8H2,1H3. The third kappa shape index (κ3) is 2.75. The summed E-state index contributed by atoms with van der Waals surface area (Å²) in [6, 6.07) is 11.8. The Balaban J connectivity index is 1.81. The third-order valence-electron chi connectivity index (χ3n) is 3.01. The van der Waals surface area contributed by atoms with Crippen molar-refractivity contribution in [2.45, 2.75) is 13.5 Å². The number of aryl methyl sites for hydroxylation is 1. The predicted octanol–water partition coefficient (Wildman–Crippen LogP) is 5.52. The van der Waals surface area contributed by atoms with Gasteiger partial charge in [-0.3, -0.25) is 0 Å². The predicted molar refractivity (Wildman–Crippen MR) is 88.1 cm³/mol. The van der Waals surface area contributed by atoms with Crippen LogP contribution in [0.5, 0.6) is 0 Å². The van der Waals surface area contributed by atoms with Crippen molar-refractivity contribution in [3.8, 4) is 0 Å². The molecule has 0 aliphatic heterocycles. The number of fused-ring (bicyclic) bond motifs is 1. The minimum Gasteiger partial charge on any atom is -0.381 e. The van der Waals surface area contributed by atoms with Crippen molar-refractivity contribution in [1.29, 1.82) is 0 Å². The molecule has 3 rings (SSSR count). The SMILES string of the molecule is Cc1nc2ccc(NCc3cccc(Cl)c3Cl)cc2s1. The first-order chi connectivity index (χ1) is 9.63. The molecule has 102 valence electrons. The zero-order valence-electron chi connectivity index (χ0n) is 10.8. The van der Waals surface area contributed by atoms with Crippen LogP contribution in [0.4, 0.5) is 5.69 Å². The zero-order chi connectivity index (χ0) is 14.1. The molecule has 2 nitrogen and oxygen atoms in total. The lowest BCUT2D eigenvalue weighted by molar-refractivity contribution is 1.15. The summed E-state index contributed by atoms with van der Waals surface area (Å²) >= 11 is 13.9. The molecule has 20 heavy (non-hydrogen) atoms. The van der Waals surface area contributed by atoms with Gasteiger partial charge < -0.3 is 5.32 Å². The highest BCUT2D eigenvalue weighted by molar-refractivity contribution is 7.18. The van der Waals surface area contributed by atoms with E-state index in [1.54, 1.807) is 17.4 Å². The monoisotopic (exact) mass is 322 g/mol. The molecule has 0 radical (unpaired) electrons. The Kier molecular flexibility index (Phi) is 3.83. The van der Waals surface area contributed by atoms with Gasteiger partial charge in [0.15, 0.2) is 0 Å². The number of hydrogen-bond acceptors (Lipinski definition) is 3. The van der Waals surface area contributed by atoms with Gasteiger partial charge in [0.2, 0.25) is 0 Å². The molecule has 2 aromatic carbocycles. The molecule has 1 aromatic heterocycles. The maximum Gasteiger partial charge on any atom is 0.0907 e. The first-order valence-corrected chi connectivity index (χ1v) is 7.75. The molecule has 3 aromatic rings. The molecule has 5 heteroatoms. The van der Waals surface area contributed by atoms with E-state index >= 15 is 0 Å². The molecule has 0 saturated carbocycles. The van der Waals surface area contributed by atoms with Gasteiger partial charge in [-0.25, -0.2) is 4.98 Å². The molecule has 0 unspecified atom stereocenters. The fourth-order valence-corrected chi connectivity index (χ4v) is 3.29. The largest absolute Gasteiger partial charge is 0.381 e. The van der Waals surface area contributed by atoms with E-state index in [1.807, 2.05) is 31.2 Å². The quantitative estimate of drug-likeness (QED) is 0.686. The van der Waals surface area contributed by atoms with Crippen LogP contribution in [0, 0.1) is 6.92 Å². The molecule has 0 saturated heterocycles. The van der Waals surface area contributed by atoms with E-state index < -0.39 is 0 Å². The number of aromatic nitrogens is 1. The van der Waals surface area contributed by atoms with E-state index in [2.05, 4.69) is 16.4 Å². The Morgan fingerprint density at radius 2 is 2.05 bits per heavy atom. The number of benzene rings is 2. The Bertz CT molecular complexity index is 768. The smallest absolute Gasteiger partial charge is 0.0907 e. The van der Waals surface area contributed by atoms with Crippen LogP contribution in [0.2, 0.25) is 10.0 Å². The van der Waals surface area contributed by atoms with E-state index in [0.717, 1.165) is 21.8 Å². The number of nitrogens with one attached hydrogen (secondary N) is 1. The van der Waals surface area contributed by atoms with Gasteiger partial charge in [0.05, 0.1) is 25.3 Å². The lowest BCUT2D eigenvalue weighted by Crippen LogP contribution is -1.99. The topological polar surface area (TPSA) is 24.9 Å². The van der Waals surface area contributed by atoms with Crippen LogP contribution in [-0.2, 0) is 6.54 Å². The number of anilines is 1. The summed E-state index contributed by atoms with van der Waals surface area (Å²) in [7, 11) is 0. The average molecular weight is 323 g/mol. The van der Waals surface area contributed by atoms with Crippen LogP contribution in [0.1, 0.15) is 10.6 Å². The molecule has 1 heterocycles. The fourth-order valence-electron chi connectivity index (χ4n) is 2.03. The average Bonchev–Trinajstić information content (AvgIpc) is 2.79. The first kappa shape index (κ1) is 13.7. The molecule has 0 atom stereocenters. The molecule has 0 amide bonds. The molecular weight excluding hydrogens is 311 g/mol. The second-order valence-electron chi connectivity index (χ2n) is 4.48. The normalized spacial score (nSPS) is 10.9.